The molecule has 1 unspecified atom stereocenters. The molecule has 100 valence electrons. The Hall–Kier alpha value is -1.98. The fourth-order valence-corrected chi connectivity index (χ4v) is 1.93. The summed E-state index contributed by atoms with van der Waals surface area (Å²) in [5.41, 5.74) is 3.33. The molecule has 3 nitrogen and oxygen atoms in total. The zero-order valence-electron chi connectivity index (χ0n) is 10.4. The zero-order valence-corrected chi connectivity index (χ0v) is 10.4. The summed E-state index contributed by atoms with van der Waals surface area (Å²) in [5.74, 6) is 4.28. The molecule has 0 heterocycles. The van der Waals surface area contributed by atoms with E-state index in [2.05, 4.69) is 5.43 Å². The minimum absolute atomic E-state index is 0.149. The molecular weight excluding hydrogens is 250 g/mol. The van der Waals surface area contributed by atoms with Crippen LogP contribution in [0, 0.1) is 11.6 Å². The Kier molecular flexibility index (Phi) is 4.09. The number of rotatable bonds is 4. The molecule has 0 bridgehead atoms. The van der Waals surface area contributed by atoms with Gasteiger partial charge >= 0.3 is 0 Å². The monoisotopic (exact) mass is 264 g/mol. The highest BCUT2D eigenvalue weighted by Crippen LogP contribution is 2.27. The van der Waals surface area contributed by atoms with Crippen LogP contribution in [0.25, 0.3) is 0 Å². The van der Waals surface area contributed by atoms with E-state index in [1.54, 1.807) is 24.3 Å². The number of nitrogens with two attached hydrogens (primary N) is 1. The molecular formula is C14H14F2N2O. The second kappa shape index (κ2) is 5.77. The van der Waals surface area contributed by atoms with Gasteiger partial charge in [0.2, 0.25) is 0 Å². The van der Waals surface area contributed by atoms with Crippen LogP contribution in [0.5, 0.6) is 5.75 Å². The lowest BCUT2D eigenvalue weighted by atomic mass is 9.98. The molecule has 2 aromatic rings. The van der Waals surface area contributed by atoms with Crippen LogP contribution >= 0.6 is 0 Å². The van der Waals surface area contributed by atoms with E-state index < -0.39 is 17.7 Å². The van der Waals surface area contributed by atoms with Gasteiger partial charge in [0.05, 0.1) is 13.2 Å². The lowest BCUT2D eigenvalue weighted by molar-refractivity contribution is 0.413. The molecule has 5 heteroatoms. The van der Waals surface area contributed by atoms with E-state index in [0.29, 0.717) is 11.3 Å². The summed E-state index contributed by atoms with van der Waals surface area (Å²) in [6.45, 7) is 0. The van der Waals surface area contributed by atoms with Crippen LogP contribution in [0.2, 0.25) is 0 Å². The zero-order chi connectivity index (χ0) is 13.8. The molecule has 0 aliphatic rings. The van der Waals surface area contributed by atoms with Crippen molar-refractivity contribution in [3.05, 3.63) is 65.2 Å². The first kappa shape index (κ1) is 13.5. The third-order valence-electron chi connectivity index (χ3n) is 2.89. The Morgan fingerprint density at radius 1 is 1.16 bits per heavy atom. The Balaban J connectivity index is 2.46. The van der Waals surface area contributed by atoms with E-state index in [-0.39, 0.29) is 5.56 Å². The summed E-state index contributed by atoms with van der Waals surface area (Å²) in [7, 11) is 1.53. The highest BCUT2D eigenvalue weighted by molar-refractivity contribution is 5.37. The van der Waals surface area contributed by atoms with Gasteiger partial charge in [-0.15, -0.1) is 0 Å². The minimum atomic E-state index is -0.909. The van der Waals surface area contributed by atoms with Gasteiger partial charge in [-0.05, 0) is 23.8 Å². The second-order valence-corrected chi connectivity index (χ2v) is 4.02. The topological polar surface area (TPSA) is 47.3 Å². The molecule has 1 atom stereocenters. The first-order chi connectivity index (χ1) is 9.17. The molecule has 0 saturated heterocycles. The van der Waals surface area contributed by atoms with Crippen molar-refractivity contribution in [3.63, 3.8) is 0 Å². The molecule has 0 radical (unpaired) electrons. The largest absolute Gasteiger partial charge is 0.497 e. The normalized spacial score (nSPS) is 12.2. The van der Waals surface area contributed by atoms with Crippen molar-refractivity contribution in [2.75, 3.05) is 7.11 Å². The lowest BCUT2D eigenvalue weighted by Crippen LogP contribution is -2.29. The Bertz CT molecular complexity index is 575. The van der Waals surface area contributed by atoms with Crippen molar-refractivity contribution in [2.24, 2.45) is 5.84 Å². The maximum absolute atomic E-state index is 13.8. The standard InChI is InChI=1S/C14H14F2N2O/c1-19-10-5-2-4-9(8-10)14(18-17)11-6-3-7-12(15)13(11)16/h2-8,14,18H,17H2,1H3. The summed E-state index contributed by atoms with van der Waals surface area (Å²) in [6.07, 6.45) is 0. The molecule has 19 heavy (non-hydrogen) atoms. The van der Waals surface area contributed by atoms with E-state index in [1.165, 1.54) is 19.2 Å². The number of hydrogen-bond acceptors (Lipinski definition) is 3. The van der Waals surface area contributed by atoms with E-state index in [4.69, 9.17) is 10.6 Å². The Labute approximate surface area is 110 Å². The Morgan fingerprint density at radius 2 is 1.89 bits per heavy atom. The van der Waals surface area contributed by atoms with Crippen LogP contribution < -0.4 is 16.0 Å². The van der Waals surface area contributed by atoms with Crippen LogP contribution in [0.3, 0.4) is 0 Å². The predicted molar refractivity (Wildman–Crippen MR) is 68.5 cm³/mol. The summed E-state index contributed by atoms with van der Waals surface area (Å²) in [5, 5.41) is 0. The van der Waals surface area contributed by atoms with E-state index in [9.17, 15) is 8.78 Å². The van der Waals surface area contributed by atoms with Crippen LogP contribution in [0.1, 0.15) is 17.2 Å². The van der Waals surface area contributed by atoms with Gasteiger partial charge in [0, 0.05) is 5.56 Å². The first-order valence-corrected chi connectivity index (χ1v) is 5.71. The van der Waals surface area contributed by atoms with E-state index in [0.717, 1.165) is 6.07 Å². The van der Waals surface area contributed by atoms with Gasteiger partial charge in [-0.1, -0.05) is 24.3 Å². The van der Waals surface area contributed by atoms with Crippen molar-refractivity contribution in [1.82, 2.24) is 5.43 Å². The van der Waals surface area contributed by atoms with Crippen LogP contribution in [-0.4, -0.2) is 7.11 Å². The fraction of sp³-hybridized carbons (Fsp3) is 0.143. The van der Waals surface area contributed by atoms with Crippen LogP contribution in [-0.2, 0) is 0 Å². The summed E-state index contributed by atoms with van der Waals surface area (Å²) in [6, 6.07) is 10.4. The van der Waals surface area contributed by atoms with E-state index in [1.807, 2.05) is 0 Å². The van der Waals surface area contributed by atoms with Gasteiger partial charge < -0.3 is 4.74 Å². The summed E-state index contributed by atoms with van der Waals surface area (Å²) < 4.78 is 32.2. The van der Waals surface area contributed by atoms with Gasteiger partial charge in [-0.25, -0.2) is 14.2 Å². The van der Waals surface area contributed by atoms with Gasteiger partial charge in [-0.3, -0.25) is 5.84 Å². The molecule has 0 aliphatic carbocycles. The van der Waals surface area contributed by atoms with Crippen molar-refractivity contribution in [1.29, 1.82) is 0 Å². The van der Waals surface area contributed by atoms with Crippen molar-refractivity contribution >= 4 is 0 Å². The molecule has 2 aromatic carbocycles. The average Bonchev–Trinajstić information content (AvgIpc) is 2.44. The fourth-order valence-electron chi connectivity index (χ4n) is 1.93. The van der Waals surface area contributed by atoms with Gasteiger partial charge in [0.25, 0.3) is 0 Å². The Morgan fingerprint density at radius 3 is 2.58 bits per heavy atom. The number of halogens is 2. The third-order valence-corrected chi connectivity index (χ3v) is 2.89. The number of ether oxygens (including phenoxy) is 1. The molecule has 0 aliphatic heterocycles. The van der Waals surface area contributed by atoms with Crippen LogP contribution in [0.4, 0.5) is 8.78 Å². The SMILES string of the molecule is COc1cccc(C(NN)c2cccc(F)c2F)c1. The second-order valence-electron chi connectivity index (χ2n) is 4.02. The number of hydrazine groups is 1. The summed E-state index contributed by atoms with van der Waals surface area (Å²) in [4.78, 5) is 0. The number of benzene rings is 2. The number of hydrogen-bond donors (Lipinski definition) is 2. The van der Waals surface area contributed by atoms with Crippen molar-refractivity contribution in [3.8, 4) is 5.75 Å². The number of nitrogens with one attached hydrogen (secondary N) is 1. The average molecular weight is 264 g/mol. The number of methoxy groups -OCH3 is 1. The van der Waals surface area contributed by atoms with E-state index >= 15 is 0 Å². The van der Waals surface area contributed by atoms with Crippen molar-refractivity contribution < 1.29 is 13.5 Å². The minimum Gasteiger partial charge on any atom is -0.497 e. The maximum atomic E-state index is 13.8. The van der Waals surface area contributed by atoms with Gasteiger partial charge in [0.1, 0.15) is 5.75 Å². The molecule has 0 amide bonds. The molecule has 0 fully saturated rings. The predicted octanol–water partition coefficient (Wildman–Crippen LogP) is 2.53. The van der Waals surface area contributed by atoms with Crippen molar-refractivity contribution in [2.45, 2.75) is 6.04 Å². The highest BCUT2D eigenvalue weighted by Gasteiger charge is 2.19. The molecule has 2 rings (SSSR count). The molecule has 0 aromatic heterocycles. The third kappa shape index (κ3) is 2.72. The smallest absolute Gasteiger partial charge is 0.163 e. The first-order valence-electron chi connectivity index (χ1n) is 5.71. The highest BCUT2D eigenvalue weighted by atomic mass is 19.2. The maximum Gasteiger partial charge on any atom is 0.163 e. The quantitative estimate of drug-likeness (QED) is 0.659. The van der Waals surface area contributed by atoms with Gasteiger partial charge in [0.15, 0.2) is 11.6 Å². The lowest BCUT2D eigenvalue weighted by Gasteiger charge is -2.18. The van der Waals surface area contributed by atoms with Crippen LogP contribution in [0.15, 0.2) is 42.5 Å². The molecule has 0 spiro atoms. The summed E-state index contributed by atoms with van der Waals surface area (Å²) >= 11 is 0. The van der Waals surface area contributed by atoms with Gasteiger partial charge in [-0.2, -0.15) is 0 Å². The molecule has 3 N–H and O–H groups in total. The molecule has 0 saturated carbocycles.